The molecule has 0 unspecified atom stereocenters. The number of amides is 2. The van der Waals surface area contributed by atoms with Crippen molar-refractivity contribution in [2.24, 2.45) is 0 Å². The van der Waals surface area contributed by atoms with E-state index in [0.717, 1.165) is 25.7 Å². The Morgan fingerprint density at radius 1 is 1.10 bits per heavy atom. The number of unbranched alkanes of at least 4 members (excludes halogenated alkanes) is 2. The Hall–Kier alpha value is -1.26. The van der Waals surface area contributed by atoms with Crippen LogP contribution < -0.4 is 5.32 Å². The second kappa shape index (κ2) is 9.61. The molecule has 5 nitrogen and oxygen atoms in total. The first kappa shape index (κ1) is 16.8. The molecule has 1 rings (SSSR count). The van der Waals surface area contributed by atoms with E-state index in [1.54, 1.807) is 0 Å². The van der Waals surface area contributed by atoms with Gasteiger partial charge < -0.3 is 15.3 Å². The zero-order valence-corrected chi connectivity index (χ0v) is 12.6. The van der Waals surface area contributed by atoms with Crippen LogP contribution in [0.1, 0.15) is 64.2 Å². The molecule has 1 fully saturated rings. The summed E-state index contributed by atoms with van der Waals surface area (Å²) >= 11 is 0. The van der Waals surface area contributed by atoms with Gasteiger partial charge in [-0.15, -0.1) is 0 Å². The zero-order valence-electron chi connectivity index (χ0n) is 12.6. The van der Waals surface area contributed by atoms with Crippen LogP contribution in [0.25, 0.3) is 0 Å². The normalized spacial score (nSPS) is 16.4. The van der Waals surface area contributed by atoms with E-state index < -0.39 is 5.97 Å². The summed E-state index contributed by atoms with van der Waals surface area (Å²) in [5, 5.41) is 11.4. The minimum absolute atomic E-state index is 0.00938. The van der Waals surface area contributed by atoms with E-state index in [4.69, 9.17) is 5.11 Å². The van der Waals surface area contributed by atoms with Crippen molar-refractivity contribution in [2.45, 2.75) is 70.3 Å². The minimum Gasteiger partial charge on any atom is -0.481 e. The number of aliphatic carboxylic acids is 1. The lowest BCUT2D eigenvalue weighted by Crippen LogP contribution is -2.43. The van der Waals surface area contributed by atoms with Gasteiger partial charge >= 0.3 is 12.0 Å². The van der Waals surface area contributed by atoms with Crippen LogP contribution in [-0.2, 0) is 4.79 Å². The molecule has 0 aromatic rings. The van der Waals surface area contributed by atoms with Gasteiger partial charge in [0.15, 0.2) is 0 Å². The van der Waals surface area contributed by atoms with E-state index in [0.29, 0.717) is 19.0 Å². The molecular formula is C15H28N2O3. The second-order valence-corrected chi connectivity index (χ2v) is 5.69. The van der Waals surface area contributed by atoms with E-state index >= 15 is 0 Å². The SMILES string of the molecule is CN(C(=O)NCCCCCC(=O)O)C1CCCCCC1. The highest BCUT2D eigenvalue weighted by atomic mass is 16.4. The molecule has 20 heavy (non-hydrogen) atoms. The summed E-state index contributed by atoms with van der Waals surface area (Å²) in [7, 11) is 1.88. The summed E-state index contributed by atoms with van der Waals surface area (Å²) in [5.41, 5.74) is 0. The Kier molecular flexibility index (Phi) is 8.07. The maximum atomic E-state index is 12.0. The Morgan fingerprint density at radius 3 is 2.35 bits per heavy atom. The van der Waals surface area contributed by atoms with Crippen LogP contribution in [0, 0.1) is 0 Å². The van der Waals surface area contributed by atoms with Gasteiger partial charge in [0.25, 0.3) is 0 Å². The van der Waals surface area contributed by atoms with Crippen LogP contribution >= 0.6 is 0 Å². The fourth-order valence-corrected chi connectivity index (χ4v) is 2.71. The van der Waals surface area contributed by atoms with Crippen molar-refractivity contribution in [1.29, 1.82) is 0 Å². The molecule has 5 heteroatoms. The molecule has 2 N–H and O–H groups in total. The molecule has 0 spiro atoms. The largest absolute Gasteiger partial charge is 0.481 e. The Labute approximate surface area is 121 Å². The average molecular weight is 284 g/mol. The summed E-state index contributed by atoms with van der Waals surface area (Å²) in [5.74, 6) is -0.748. The molecule has 2 amide bonds. The summed E-state index contributed by atoms with van der Waals surface area (Å²) in [6.45, 7) is 0.634. The third kappa shape index (κ3) is 6.78. The van der Waals surface area contributed by atoms with E-state index in [1.165, 1.54) is 25.7 Å². The number of carbonyl (C=O) groups excluding carboxylic acids is 1. The van der Waals surface area contributed by atoms with E-state index in [2.05, 4.69) is 5.32 Å². The predicted octanol–water partition coefficient (Wildman–Crippen LogP) is 3.00. The number of urea groups is 1. The summed E-state index contributed by atoms with van der Waals surface area (Å²) in [6.07, 6.45) is 9.84. The van der Waals surface area contributed by atoms with Crippen molar-refractivity contribution in [2.75, 3.05) is 13.6 Å². The number of nitrogens with zero attached hydrogens (tertiary/aromatic N) is 1. The lowest BCUT2D eigenvalue weighted by molar-refractivity contribution is -0.137. The highest BCUT2D eigenvalue weighted by molar-refractivity contribution is 5.74. The van der Waals surface area contributed by atoms with Crippen molar-refractivity contribution in [3.63, 3.8) is 0 Å². The predicted molar refractivity (Wildman–Crippen MR) is 78.8 cm³/mol. The van der Waals surface area contributed by atoms with E-state index in [-0.39, 0.29) is 12.5 Å². The van der Waals surface area contributed by atoms with Gasteiger partial charge in [0.05, 0.1) is 0 Å². The fourth-order valence-electron chi connectivity index (χ4n) is 2.71. The van der Waals surface area contributed by atoms with Crippen LogP contribution in [0.3, 0.4) is 0 Å². The van der Waals surface area contributed by atoms with Crippen LogP contribution in [0.2, 0.25) is 0 Å². The lowest BCUT2D eigenvalue weighted by Gasteiger charge is -2.27. The number of nitrogens with one attached hydrogen (secondary N) is 1. The van der Waals surface area contributed by atoms with Crippen LogP contribution in [-0.4, -0.2) is 41.6 Å². The molecule has 0 radical (unpaired) electrons. The number of hydrogen-bond acceptors (Lipinski definition) is 2. The summed E-state index contributed by atoms with van der Waals surface area (Å²) in [6, 6.07) is 0.389. The number of rotatable bonds is 7. The Bertz CT molecular complexity index is 299. The average Bonchev–Trinajstić information content (AvgIpc) is 2.70. The molecule has 0 aromatic carbocycles. The Morgan fingerprint density at radius 2 is 1.75 bits per heavy atom. The zero-order chi connectivity index (χ0) is 14.8. The number of carbonyl (C=O) groups is 2. The molecule has 0 heterocycles. The maximum absolute atomic E-state index is 12.0. The van der Waals surface area contributed by atoms with Crippen molar-refractivity contribution < 1.29 is 14.7 Å². The number of carboxylic acid groups (broad SMARTS) is 1. The molecule has 0 aromatic heterocycles. The highest BCUT2D eigenvalue weighted by Crippen LogP contribution is 2.20. The molecule has 1 aliphatic rings. The maximum Gasteiger partial charge on any atom is 0.317 e. The van der Waals surface area contributed by atoms with Crippen molar-refractivity contribution in [3.05, 3.63) is 0 Å². The molecule has 1 saturated carbocycles. The smallest absolute Gasteiger partial charge is 0.317 e. The quantitative estimate of drug-likeness (QED) is 0.558. The topological polar surface area (TPSA) is 69.6 Å². The van der Waals surface area contributed by atoms with Gasteiger partial charge in [-0.2, -0.15) is 0 Å². The fraction of sp³-hybridized carbons (Fsp3) is 0.867. The van der Waals surface area contributed by atoms with E-state index in [9.17, 15) is 9.59 Å². The molecular weight excluding hydrogens is 256 g/mol. The van der Waals surface area contributed by atoms with E-state index in [1.807, 2.05) is 11.9 Å². The van der Waals surface area contributed by atoms with Gasteiger partial charge in [0.2, 0.25) is 0 Å². The first-order valence-electron chi connectivity index (χ1n) is 7.83. The molecule has 0 atom stereocenters. The van der Waals surface area contributed by atoms with Crippen LogP contribution in [0.15, 0.2) is 0 Å². The first-order chi connectivity index (χ1) is 9.61. The third-order valence-electron chi connectivity index (χ3n) is 4.04. The van der Waals surface area contributed by atoms with Gasteiger partial charge in [-0.25, -0.2) is 4.79 Å². The van der Waals surface area contributed by atoms with Crippen molar-refractivity contribution >= 4 is 12.0 Å². The lowest BCUT2D eigenvalue weighted by atomic mass is 10.1. The number of hydrogen-bond donors (Lipinski definition) is 2. The van der Waals surface area contributed by atoms with Crippen molar-refractivity contribution in [1.82, 2.24) is 10.2 Å². The molecule has 0 aliphatic heterocycles. The van der Waals surface area contributed by atoms with Crippen LogP contribution in [0.4, 0.5) is 4.79 Å². The molecule has 0 bridgehead atoms. The van der Waals surface area contributed by atoms with Crippen LogP contribution in [0.5, 0.6) is 0 Å². The number of carboxylic acids is 1. The molecule has 116 valence electrons. The summed E-state index contributed by atoms with van der Waals surface area (Å²) in [4.78, 5) is 24.2. The van der Waals surface area contributed by atoms with Gasteiger partial charge in [0, 0.05) is 26.1 Å². The Balaban J connectivity index is 2.12. The highest BCUT2D eigenvalue weighted by Gasteiger charge is 2.20. The monoisotopic (exact) mass is 284 g/mol. The second-order valence-electron chi connectivity index (χ2n) is 5.69. The minimum atomic E-state index is -0.748. The van der Waals surface area contributed by atoms with Gasteiger partial charge in [-0.05, 0) is 25.7 Å². The molecule has 0 saturated heterocycles. The first-order valence-corrected chi connectivity index (χ1v) is 7.83. The van der Waals surface area contributed by atoms with Gasteiger partial charge in [-0.1, -0.05) is 32.1 Å². The molecule has 1 aliphatic carbocycles. The van der Waals surface area contributed by atoms with Gasteiger partial charge in [0.1, 0.15) is 0 Å². The standard InChI is InChI=1S/C15H28N2O3/c1-17(13-9-5-2-3-6-10-13)15(20)16-12-8-4-7-11-14(18)19/h13H,2-12H2,1H3,(H,16,20)(H,18,19). The summed E-state index contributed by atoms with van der Waals surface area (Å²) < 4.78 is 0. The third-order valence-corrected chi connectivity index (χ3v) is 4.04. The van der Waals surface area contributed by atoms with Gasteiger partial charge in [-0.3, -0.25) is 4.79 Å². The van der Waals surface area contributed by atoms with Crippen molar-refractivity contribution in [3.8, 4) is 0 Å².